The van der Waals surface area contributed by atoms with E-state index in [1.165, 1.54) is 19.3 Å². The quantitative estimate of drug-likeness (QED) is 0.804. The van der Waals surface area contributed by atoms with Gasteiger partial charge in [-0.25, -0.2) is 0 Å². The van der Waals surface area contributed by atoms with E-state index in [1.807, 2.05) is 0 Å². The third kappa shape index (κ3) is 4.55. The van der Waals surface area contributed by atoms with E-state index in [0.717, 1.165) is 12.3 Å². The Kier molecular flexibility index (Phi) is 5.25. The van der Waals surface area contributed by atoms with Crippen LogP contribution in [0, 0.1) is 16.7 Å². The minimum atomic E-state index is 0.218. The van der Waals surface area contributed by atoms with Gasteiger partial charge in [0.25, 0.3) is 0 Å². The maximum absolute atomic E-state index is 9.24. The van der Waals surface area contributed by atoms with E-state index >= 15 is 0 Å². The lowest BCUT2D eigenvalue weighted by atomic mass is 9.70. The van der Waals surface area contributed by atoms with Crippen molar-refractivity contribution >= 4 is 0 Å². The van der Waals surface area contributed by atoms with Crippen molar-refractivity contribution in [1.29, 1.82) is 0 Å². The summed E-state index contributed by atoms with van der Waals surface area (Å²) in [6.07, 6.45) is 4.74. The second-order valence-electron chi connectivity index (χ2n) is 8.09. The molecule has 0 saturated heterocycles. The second-order valence-corrected chi connectivity index (χ2v) is 8.09. The first-order valence-corrected chi connectivity index (χ1v) is 7.52. The Morgan fingerprint density at radius 1 is 1.33 bits per heavy atom. The Morgan fingerprint density at radius 2 is 1.94 bits per heavy atom. The van der Waals surface area contributed by atoms with E-state index in [4.69, 9.17) is 0 Å². The van der Waals surface area contributed by atoms with Gasteiger partial charge in [-0.15, -0.1) is 0 Å². The van der Waals surface area contributed by atoms with E-state index in [9.17, 15) is 5.11 Å². The van der Waals surface area contributed by atoms with Crippen molar-refractivity contribution in [2.75, 3.05) is 6.61 Å². The molecule has 1 aliphatic rings. The first kappa shape index (κ1) is 16.0. The van der Waals surface area contributed by atoms with Gasteiger partial charge in [-0.3, -0.25) is 0 Å². The highest BCUT2D eigenvalue weighted by Gasteiger charge is 2.35. The van der Waals surface area contributed by atoms with Crippen LogP contribution in [-0.4, -0.2) is 23.8 Å². The predicted molar refractivity (Wildman–Crippen MR) is 78.7 cm³/mol. The molecular formula is C16H33NO. The zero-order chi connectivity index (χ0) is 14.0. The van der Waals surface area contributed by atoms with Crippen molar-refractivity contribution in [3.8, 4) is 0 Å². The Hall–Kier alpha value is -0.0800. The van der Waals surface area contributed by atoms with Crippen molar-refractivity contribution in [3.05, 3.63) is 0 Å². The third-order valence-corrected chi connectivity index (χ3v) is 4.57. The zero-order valence-electron chi connectivity index (χ0n) is 13.2. The molecule has 1 fully saturated rings. The molecule has 0 amide bonds. The Morgan fingerprint density at radius 3 is 2.39 bits per heavy atom. The van der Waals surface area contributed by atoms with Gasteiger partial charge in [0, 0.05) is 18.7 Å². The fourth-order valence-electron chi connectivity index (χ4n) is 3.35. The molecule has 2 N–H and O–H groups in total. The zero-order valence-corrected chi connectivity index (χ0v) is 13.2. The molecule has 0 radical (unpaired) electrons. The van der Waals surface area contributed by atoms with Gasteiger partial charge >= 0.3 is 0 Å². The Bertz CT molecular complexity index is 254. The van der Waals surface area contributed by atoms with Crippen molar-refractivity contribution in [1.82, 2.24) is 5.32 Å². The largest absolute Gasteiger partial charge is 0.396 e. The standard InChI is InChI=1S/C16H33NO/c1-12-11-16(5,6)9-7-13(12)17-14(8-10-18)15(2,3)4/h12-14,17-18H,7-11H2,1-6H3. The molecule has 18 heavy (non-hydrogen) atoms. The summed E-state index contributed by atoms with van der Waals surface area (Å²) < 4.78 is 0. The number of aliphatic hydroxyl groups is 1. The van der Waals surface area contributed by atoms with E-state index in [1.54, 1.807) is 0 Å². The van der Waals surface area contributed by atoms with Gasteiger partial charge < -0.3 is 10.4 Å². The highest BCUT2D eigenvalue weighted by Crippen LogP contribution is 2.39. The van der Waals surface area contributed by atoms with Crippen LogP contribution in [0.3, 0.4) is 0 Å². The fourth-order valence-corrected chi connectivity index (χ4v) is 3.35. The Labute approximate surface area is 114 Å². The number of nitrogens with one attached hydrogen (secondary N) is 1. The van der Waals surface area contributed by atoms with Crippen LogP contribution >= 0.6 is 0 Å². The van der Waals surface area contributed by atoms with Gasteiger partial charge in [-0.2, -0.15) is 0 Å². The van der Waals surface area contributed by atoms with Crippen LogP contribution in [0.25, 0.3) is 0 Å². The van der Waals surface area contributed by atoms with Gasteiger partial charge in [0.1, 0.15) is 0 Å². The maximum atomic E-state index is 9.24. The summed E-state index contributed by atoms with van der Waals surface area (Å²) in [5, 5.41) is 13.1. The summed E-state index contributed by atoms with van der Waals surface area (Å²) in [4.78, 5) is 0. The van der Waals surface area contributed by atoms with Crippen molar-refractivity contribution in [2.45, 2.75) is 79.3 Å². The molecule has 0 aliphatic heterocycles. The topological polar surface area (TPSA) is 32.3 Å². The summed E-state index contributed by atoms with van der Waals surface area (Å²) in [5.74, 6) is 0.734. The molecule has 0 aromatic heterocycles. The van der Waals surface area contributed by atoms with Crippen LogP contribution in [-0.2, 0) is 0 Å². The molecule has 2 heteroatoms. The van der Waals surface area contributed by atoms with Crippen LogP contribution in [0.15, 0.2) is 0 Å². The summed E-state index contributed by atoms with van der Waals surface area (Å²) in [5.41, 5.74) is 0.723. The molecule has 0 heterocycles. The van der Waals surface area contributed by atoms with Gasteiger partial charge in [0.2, 0.25) is 0 Å². The molecule has 0 aromatic carbocycles. The lowest BCUT2D eigenvalue weighted by Crippen LogP contribution is -2.51. The van der Waals surface area contributed by atoms with Crippen LogP contribution < -0.4 is 5.32 Å². The second kappa shape index (κ2) is 5.92. The molecule has 1 rings (SSSR count). The van der Waals surface area contributed by atoms with Crippen molar-refractivity contribution in [2.24, 2.45) is 16.7 Å². The van der Waals surface area contributed by atoms with E-state index in [-0.39, 0.29) is 12.0 Å². The number of hydrogen-bond donors (Lipinski definition) is 2. The lowest BCUT2D eigenvalue weighted by molar-refractivity contribution is 0.112. The average Bonchev–Trinajstić information content (AvgIpc) is 2.18. The monoisotopic (exact) mass is 255 g/mol. The fraction of sp³-hybridized carbons (Fsp3) is 1.00. The number of aliphatic hydroxyl groups excluding tert-OH is 1. The average molecular weight is 255 g/mol. The number of hydrogen-bond acceptors (Lipinski definition) is 2. The Balaban J connectivity index is 2.60. The summed E-state index contributed by atoms with van der Waals surface area (Å²) in [6, 6.07) is 1.03. The molecule has 3 unspecified atom stereocenters. The lowest BCUT2D eigenvalue weighted by Gasteiger charge is -2.43. The van der Waals surface area contributed by atoms with E-state index < -0.39 is 0 Å². The van der Waals surface area contributed by atoms with Gasteiger partial charge in [-0.05, 0) is 42.4 Å². The van der Waals surface area contributed by atoms with Gasteiger partial charge in [0.05, 0.1) is 0 Å². The molecule has 0 bridgehead atoms. The van der Waals surface area contributed by atoms with Crippen LogP contribution in [0.4, 0.5) is 0 Å². The van der Waals surface area contributed by atoms with Crippen LogP contribution in [0.2, 0.25) is 0 Å². The summed E-state index contributed by atoms with van der Waals surface area (Å²) >= 11 is 0. The predicted octanol–water partition coefficient (Wildman–Crippen LogP) is 3.59. The van der Waals surface area contributed by atoms with Gasteiger partial charge in [0.15, 0.2) is 0 Å². The highest BCUT2D eigenvalue weighted by molar-refractivity contribution is 4.91. The maximum Gasteiger partial charge on any atom is 0.0446 e. The number of rotatable bonds is 4. The molecular weight excluding hydrogens is 222 g/mol. The molecule has 3 atom stereocenters. The first-order chi connectivity index (χ1) is 8.15. The van der Waals surface area contributed by atoms with E-state index in [0.29, 0.717) is 17.5 Å². The van der Waals surface area contributed by atoms with E-state index in [2.05, 4.69) is 46.9 Å². The first-order valence-electron chi connectivity index (χ1n) is 7.52. The molecule has 0 spiro atoms. The SMILES string of the molecule is CC1CC(C)(C)CCC1NC(CCO)C(C)(C)C. The minimum Gasteiger partial charge on any atom is -0.396 e. The highest BCUT2D eigenvalue weighted by atomic mass is 16.3. The van der Waals surface area contributed by atoms with Crippen LogP contribution in [0.5, 0.6) is 0 Å². The minimum absolute atomic E-state index is 0.218. The summed E-state index contributed by atoms with van der Waals surface area (Å²) in [7, 11) is 0. The molecule has 0 aromatic rings. The summed E-state index contributed by atoms with van der Waals surface area (Å²) in [6.45, 7) is 14.2. The molecule has 2 nitrogen and oxygen atoms in total. The van der Waals surface area contributed by atoms with Gasteiger partial charge in [-0.1, -0.05) is 41.5 Å². The van der Waals surface area contributed by atoms with Crippen molar-refractivity contribution < 1.29 is 5.11 Å². The molecule has 1 aliphatic carbocycles. The smallest absolute Gasteiger partial charge is 0.0446 e. The molecule has 1 saturated carbocycles. The normalized spacial score (nSPS) is 30.2. The van der Waals surface area contributed by atoms with Crippen molar-refractivity contribution in [3.63, 3.8) is 0 Å². The molecule has 108 valence electrons. The third-order valence-electron chi connectivity index (χ3n) is 4.57. The van der Waals surface area contributed by atoms with Crippen LogP contribution in [0.1, 0.15) is 67.2 Å².